The molecular weight excluding hydrogens is 213 g/mol. The Bertz CT molecular complexity index is 327. The van der Waals surface area contributed by atoms with Crippen molar-refractivity contribution in [2.45, 2.75) is 39.5 Å². The van der Waals surface area contributed by atoms with Crippen LogP contribution < -0.4 is 5.32 Å². The fraction of sp³-hybridized carbons (Fsp3) is 0.600. The summed E-state index contributed by atoms with van der Waals surface area (Å²) in [5.74, 6) is 0.520. The van der Waals surface area contributed by atoms with Gasteiger partial charge in [-0.05, 0) is 48.5 Å². The summed E-state index contributed by atoms with van der Waals surface area (Å²) in [7, 11) is 0. The number of hydrogen-bond donors (Lipinski definition) is 1. The van der Waals surface area contributed by atoms with E-state index < -0.39 is 0 Å². The Hall–Kier alpha value is -0.890. The van der Waals surface area contributed by atoms with Gasteiger partial charge in [0.25, 0.3) is 0 Å². The molecule has 0 fully saturated rings. The van der Waals surface area contributed by atoms with Crippen molar-refractivity contribution in [3.8, 4) is 0 Å². The summed E-state index contributed by atoms with van der Waals surface area (Å²) in [4.78, 5) is 0. The fourth-order valence-electron chi connectivity index (χ4n) is 1.84. The van der Waals surface area contributed by atoms with Gasteiger partial charge in [0.15, 0.2) is 0 Å². The number of hydrogen-bond acceptors (Lipinski definition) is 1. The van der Waals surface area contributed by atoms with E-state index in [1.807, 2.05) is 12.1 Å². The molecule has 17 heavy (non-hydrogen) atoms. The van der Waals surface area contributed by atoms with Crippen molar-refractivity contribution in [2.24, 2.45) is 5.92 Å². The lowest BCUT2D eigenvalue weighted by Crippen LogP contribution is -2.27. The lowest BCUT2D eigenvalue weighted by molar-refractivity contribution is 0.441. The maximum Gasteiger partial charge on any atom is 0.123 e. The van der Waals surface area contributed by atoms with Crippen molar-refractivity contribution < 1.29 is 4.39 Å². The first-order chi connectivity index (χ1) is 7.92. The van der Waals surface area contributed by atoms with Crippen LogP contribution in [0.5, 0.6) is 0 Å². The molecule has 2 heteroatoms. The molecule has 1 N–H and O–H groups in total. The molecule has 0 atom stereocenters. The summed E-state index contributed by atoms with van der Waals surface area (Å²) >= 11 is 0. The van der Waals surface area contributed by atoms with E-state index in [-0.39, 0.29) is 11.2 Å². The highest BCUT2D eigenvalue weighted by molar-refractivity contribution is 5.24. The van der Waals surface area contributed by atoms with Gasteiger partial charge in [-0.2, -0.15) is 0 Å². The number of benzene rings is 1. The minimum atomic E-state index is -0.164. The topological polar surface area (TPSA) is 12.0 Å². The first kappa shape index (κ1) is 14.2. The molecule has 1 aromatic carbocycles. The molecule has 0 saturated heterocycles. The molecular formula is C15H24FN. The quantitative estimate of drug-likeness (QED) is 0.743. The van der Waals surface area contributed by atoms with Crippen molar-refractivity contribution in [2.75, 3.05) is 13.1 Å². The van der Waals surface area contributed by atoms with Crippen molar-refractivity contribution in [3.63, 3.8) is 0 Å². The van der Waals surface area contributed by atoms with Gasteiger partial charge in [-0.1, -0.05) is 39.8 Å². The van der Waals surface area contributed by atoms with Crippen LogP contribution in [0.2, 0.25) is 0 Å². The highest BCUT2D eigenvalue weighted by Crippen LogP contribution is 2.26. The van der Waals surface area contributed by atoms with Crippen LogP contribution in [0.1, 0.15) is 39.7 Å². The zero-order chi connectivity index (χ0) is 12.9. The van der Waals surface area contributed by atoms with Crippen LogP contribution in [0.25, 0.3) is 0 Å². The van der Waals surface area contributed by atoms with Crippen LogP contribution in [0, 0.1) is 11.7 Å². The molecule has 0 heterocycles. The smallest absolute Gasteiger partial charge is 0.123 e. The van der Waals surface area contributed by atoms with Crippen molar-refractivity contribution in [3.05, 3.63) is 35.6 Å². The average Bonchev–Trinajstić information content (AvgIpc) is 2.25. The first-order valence-electron chi connectivity index (χ1n) is 6.38. The summed E-state index contributed by atoms with van der Waals surface area (Å²) in [6.45, 7) is 10.9. The van der Waals surface area contributed by atoms with Gasteiger partial charge in [-0.3, -0.25) is 0 Å². The Kier molecular flexibility index (Phi) is 5.13. The molecule has 0 aliphatic carbocycles. The number of nitrogens with one attached hydrogen (secondary N) is 1. The minimum Gasteiger partial charge on any atom is -0.316 e. The molecule has 0 amide bonds. The zero-order valence-electron chi connectivity index (χ0n) is 11.4. The third-order valence-corrected chi connectivity index (χ3v) is 3.11. The monoisotopic (exact) mass is 237 g/mol. The largest absolute Gasteiger partial charge is 0.316 e. The minimum absolute atomic E-state index is 0.0949. The Morgan fingerprint density at radius 3 is 2.29 bits per heavy atom. The molecule has 0 spiro atoms. The van der Waals surface area contributed by atoms with Gasteiger partial charge < -0.3 is 5.32 Å². The Morgan fingerprint density at radius 2 is 1.76 bits per heavy atom. The van der Waals surface area contributed by atoms with Crippen molar-refractivity contribution >= 4 is 0 Å². The van der Waals surface area contributed by atoms with Gasteiger partial charge in [-0.25, -0.2) is 4.39 Å². The zero-order valence-corrected chi connectivity index (χ0v) is 11.4. The van der Waals surface area contributed by atoms with Gasteiger partial charge in [0.1, 0.15) is 5.82 Å². The molecule has 0 saturated carbocycles. The van der Waals surface area contributed by atoms with Crippen LogP contribution in [-0.4, -0.2) is 13.1 Å². The molecule has 0 bridgehead atoms. The SMILES string of the molecule is CC(C)CNCCC(C)(C)c1ccc(F)cc1. The second-order valence-corrected chi connectivity index (χ2v) is 5.74. The molecule has 96 valence electrons. The van der Waals surface area contributed by atoms with Crippen molar-refractivity contribution in [1.82, 2.24) is 5.32 Å². The summed E-state index contributed by atoms with van der Waals surface area (Å²) < 4.78 is 12.9. The lowest BCUT2D eigenvalue weighted by atomic mass is 9.81. The first-order valence-corrected chi connectivity index (χ1v) is 6.38. The summed E-state index contributed by atoms with van der Waals surface area (Å²) in [5.41, 5.74) is 1.29. The molecule has 1 aromatic rings. The van der Waals surface area contributed by atoms with E-state index in [9.17, 15) is 4.39 Å². The summed E-state index contributed by atoms with van der Waals surface area (Å²) in [6, 6.07) is 6.85. The van der Waals surface area contributed by atoms with Crippen molar-refractivity contribution in [1.29, 1.82) is 0 Å². The van der Waals surface area contributed by atoms with E-state index in [1.54, 1.807) is 12.1 Å². The second kappa shape index (κ2) is 6.15. The van der Waals surface area contributed by atoms with Gasteiger partial charge in [0.05, 0.1) is 0 Å². The molecule has 0 aliphatic heterocycles. The Labute approximate surface area is 104 Å². The van der Waals surface area contributed by atoms with E-state index in [2.05, 4.69) is 33.0 Å². The molecule has 0 radical (unpaired) electrons. The average molecular weight is 237 g/mol. The van der Waals surface area contributed by atoms with E-state index in [0.717, 1.165) is 19.5 Å². The van der Waals surface area contributed by atoms with Gasteiger partial charge >= 0.3 is 0 Å². The molecule has 1 nitrogen and oxygen atoms in total. The van der Waals surface area contributed by atoms with E-state index >= 15 is 0 Å². The molecule has 0 aromatic heterocycles. The summed E-state index contributed by atoms with van der Waals surface area (Å²) in [5, 5.41) is 3.45. The van der Waals surface area contributed by atoms with Crippen LogP contribution in [0.4, 0.5) is 4.39 Å². The lowest BCUT2D eigenvalue weighted by Gasteiger charge is -2.25. The Balaban J connectivity index is 2.47. The maximum atomic E-state index is 12.9. The molecule has 1 rings (SSSR count). The predicted octanol–water partition coefficient (Wildman–Crippen LogP) is 3.74. The molecule has 0 aliphatic rings. The summed E-state index contributed by atoms with van der Waals surface area (Å²) in [6.07, 6.45) is 1.06. The van der Waals surface area contributed by atoms with Crippen LogP contribution in [0.15, 0.2) is 24.3 Å². The fourth-order valence-corrected chi connectivity index (χ4v) is 1.84. The van der Waals surface area contributed by atoms with Crippen LogP contribution in [-0.2, 0) is 5.41 Å². The number of halogens is 1. The standard InChI is InChI=1S/C15H24FN/c1-12(2)11-17-10-9-15(3,4)13-5-7-14(16)8-6-13/h5-8,12,17H,9-11H2,1-4H3. The number of rotatable bonds is 6. The third-order valence-electron chi connectivity index (χ3n) is 3.11. The van der Waals surface area contributed by atoms with Crippen LogP contribution >= 0.6 is 0 Å². The third kappa shape index (κ3) is 4.86. The van der Waals surface area contributed by atoms with Gasteiger partial charge in [-0.15, -0.1) is 0 Å². The highest BCUT2D eigenvalue weighted by atomic mass is 19.1. The van der Waals surface area contributed by atoms with Gasteiger partial charge in [0, 0.05) is 0 Å². The van der Waals surface area contributed by atoms with E-state index in [4.69, 9.17) is 0 Å². The maximum absolute atomic E-state index is 12.9. The molecule has 0 unspecified atom stereocenters. The van der Waals surface area contributed by atoms with E-state index in [0.29, 0.717) is 5.92 Å². The van der Waals surface area contributed by atoms with Crippen LogP contribution in [0.3, 0.4) is 0 Å². The predicted molar refractivity (Wildman–Crippen MR) is 71.8 cm³/mol. The van der Waals surface area contributed by atoms with E-state index in [1.165, 1.54) is 5.56 Å². The normalized spacial score (nSPS) is 12.1. The van der Waals surface area contributed by atoms with Gasteiger partial charge in [0.2, 0.25) is 0 Å². The second-order valence-electron chi connectivity index (χ2n) is 5.74. The highest BCUT2D eigenvalue weighted by Gasteiger charge is 2.19. The Morgan fingerprint density at radius 1 is 1.18 bits per heavy atom.